The molecule has 1 aromatic carbocycles. The van der Waals surface area contributed by atoms with Gasteiger partial charge in [-0.05, 0) is 23.8 Å². The molecule has 0 saturated carbocycles. The number of carbonyl (C=O) groups is 1. The van der Waals surface area contributed by atoms with E-state index in [0.717, 1.165) is 5.56 Å². The molecule has 2 aromatic rings. The van der Waals surface area contributed by atoms with Crippen LogP contribution in [-0.4, -0.2) is 17.4 Å². The van der Waals surface area contributed by atoms with Gasteiger partial charge in [0, 0.05) is 18.4 Å². The molecule has 0 aliphatic carbocycles. The molecule has 2 rings (SSSR count). The van der Waals surface area contributed by atoms with Crippen molar-refractivity contribution in [1.82, 2.24) is 4.98 Å². The first-order chi connectivity index (χ1) is 10.1. The van der Waals surface area contributed by atoms with Crippen LogP contribution in [-0.2, 0) is 11.3 Å². The summed E-state index contributed by atoms with van der Waals surface area (Å²) in [5.74, 6) is -0.0823. The first-order valence-electron chi connectivity index (χ1n) is 6.33. The number of benzene rings is 1. The van der Waals surface area contributed by atoms with Crippen LogP contribution in [0.4, 0.5) is 11.5 Å². The van der Waals surface area contributed by atoms with E-state index in [1.807, 2.05) is 18.2 Å². The van der Waals surface area contributed by atoms with Crippen LogP contribution < -0.4 is 16.4 Å². The standard InChI is InChI=1S/C15H15N5O/c16-8-11-5-3-7-19-15(11)20(10-14(18)21)9-12-4-1-2-6-13(12)17/h1-7H,9-10,17H2,(H2,18,21). The Bertz CT molecular complexity index is 692. The number of aromatic nitrogens is 1. The topological polar surface area (TPSA) is 109 Å². The monoisotopic (exact) mass is 281 g/mol. The van der Waals surface area contributed by atoms with E-state index < -0.39 is 5.91 Å². The zero-order valence-corrected chi connectivity index (χ0v) is 11.4. The molecule has 0 aliphatic heterocycles. The van der Waals surface area contributed by atoms with Gasteiger partial charge in [0.2, 0.25) is 5.91 Å². The number of amides is 1. The van der Waals surface area contributed by atoms with Crippen molar-refractivity contribution >= 4 is 17.4 Å². The molecule has 106 valence electrons. The van der Waals surface area contributed by atoms with Crippen LogP contribution in [0.25, 0.3) is 0 Å². The molecule has 6 heteroatoms. The number of anilines is 2. The van der Waals surface area contributed by atoms with Crippen molar-refractivity contribution < 1.29 is 4.79 Å². The van der Waals surface area contributed by atoms with Gasteiger partial charge in [0.1, 0.15) is 11.9 Å². The molecule has 0 aliphatic rings. The van der Waals surface area contributed by atoms with E-state index in [-0.39, 0.29) is 6.54 Å². The lowest BCUT2D eigenvalue weighted by atomic mass is 10.1. The zero-order valence-electron chi connectivity index (χ0n) is 11.4. The van der Waals surface area contributed by atoms with E-state index in [9.17, 15) is 4.79 Å². The molecule has 0 spiro atoms. The van der Waals surface area contributed by atoms with Gasteiger partial charge in [-0.3, -0.25) is 4.79 Å². The maximum atomic E-state index is 11.3. The van der Waals surface area contributed by atoms with Crippen molar-refractivity contribution in [2.24, 2.45) is 5.73 Å². The average molecular weight is 281 g/mol. The van der Waals surface area contributed by atoms with Crippen molar-refractivity contribution in [3.8, 4) is 6.07 Å². The molecule has 6 nitrogen and oxygen atoms in total. The Hall–Kier alpha value is -3.07. The summed E-state index contributed by atoms with van der Waals surface area (Å²) in [6, 6.07) is 12.7. The van der Waals surface area contributed by atoms with Gasteiger partial charge in [-0.15, -0.1) is 0 Å². The highest BCUT2D eigenvalue weighted by Crippen LogP contribution is 2.21. The maximum absolute atomic E-state index is 11.3. The minimum atomic E-state index is -0.501. The predicted molar refractivity (Wildman–Crippen MR) is 80.1 cm³/mol. The van der Waals surface area contributed by atoms with Crippen LogP contribution >= 0.6 is 0 Å². The van der Waals surface area contributed by atoms with Gasteiger partial charge in [0.15, 0.2) is 0 Å². The zero-order chi connectivity index (χ0) is 15.2. The third-order valence-electron chi connectivity index (χ3n) is 2.97. The van der Waals surface area contributed by atoms with E-state index in [0.29, 0.717) is 23.6 Å². The molecule has 4 N–H and O–H groups in total. The second kappa shape index (κ2) is 6.39. The first-order valence-corrected chi connectivity index (χ1v) is 6.33. The average Bonchev–Trinajstić information content (AvgIpc) is 2.48. The molecule has 21 heavy (non-hydrogen) atoms. The van der Waals surface area contributed by atoms with Gasteiger partial charge in [-0.1, -0.05) is 18.2 Å². The van der Waals surface area contributed by atoms with Crippen LogP contribution in [0, 0.1) is 11.3 Å². The lowest BCUT2D eigenvalue weighted by molar-refractivity contribution is -0.116. The summed E-state index contributed by atoms with van der Waals surface area (Å²) < 4.78 is 0. The van der Waals surface area contributed by atoms with Crippen molar-refractivity contribution in [3.63, 3.8) is 0 Å². The predicted octanol–water partition coefficient (Wildman–Crippen LogP) is 1.03. The fraction of sp³-hybridized carbons (Fsp3) is 0.133. The summed E-state index contributed by atoms with van der Waals surface area (Å²) in [6.07, 6.45) is 1.57. The van der Waals surface area contributed by atoms with E-state index in [4.69, 9.17) is 16.7 Å². The van der Waals surface area contributed by atoms with Crippen LogP contribution in [0.2, 0.25) is 0 Å². The number of nitrogens with zero attached hydrogens (tertiary/aromatic N) is 3. The lowest BCUT2D eigenvalue weighted by Crippen LogP contribution is -2.34. The summed E-state index contributed by atoms with van der Waals surface area (Å²) in [7, 11) is 0. The number of para-hydroxylation sites is 1. The molecular weight excluding hydrogens is 266 g/mol. The van der Waals surface area contributed by atoms with Crippen LogP contribution in [0.15, 0.2) is 42.6 Å². The Kier molecular flexibility index (Phi) is 4.36. The second-order valence-corrected chi connectivity index (χ2v) is 4.51. The largest absolute Gasteiger partial charge is 0.398 e. The number of hydrogen-bond donors (Lipinski definition) is 2. The SMILES string of the molecule is N#Cc1cccnc1N(CC(N)=O)Cc1ccccc1N. The van der Waals surface area contributed by atoms with Gasteiger partial charge < -0.3 is 16.4 Å². The Balaban J connectivity index is 2.37. The Morgan fingerprint density at radius 1 is 1.29 bits per heavy atom. The van der Waals surface area contributed by atoms with Crippen LogP contribution in [0.5, 0.6) is 0 Å². The molecule has 0 atom stereocenters. The maximum Gasteiger partial charge on any atom is 0.237 e. The highest BCUT2D eigenvalue weighted by Gasteiger charge is 2.16. The van der Waals surface area contributed by atoms with Crippen molar-refractivity contribution in [1.29, 1.82) is 5.26 Å². The van der Waals surface area contributed by atoms with Gasteiger partial charge in [0.05, 0.1) is 12.1 Å². The first kappa shape index (κ1) is 14.3. The lowest BCUT2D eigenvalue weighted by Gasteiger charge is -2.23. The van der Waals surface area contributed by atoms with Gasteiger partial charge in [-0.25, -0.2) is 4.98 Å². The second-order valence-electron chi connectivity index (χ2n) is 4.51. The molecule has 1 amide bonds. The fourth-order valence-corrected chi connectivity index (χ4v) is 2.01. The Morgan fingerprint density at radius 3 is 2.71 bits per heavy atom. The summed E-state index contributed by atoms with van der Waals surface area (Å²) in [6.45, 7) is 0.307. The minimum absolute atomic E-state index is 0.0416. The van der Waals surface area contributed by atoms with E-state index in [1.54, 1.807) is 29.3 Å². The smallest absolute Gasteiger partial charge is 0.237 e. The molecule has 0 saturated heterocycles. The normalized spacial score (nSPS) is 9.86. The van der Waals surface area contributed by atoms with Gasteiger partial charge >= 0.3 is 0 Å². The summed E-state index contributed by atoms with van der Waals surface area (Å²) >= 11 is 0. The van der Waals surface area contributed by atoms with Crippen molar-refractivity contribution in [2.75, 3.05) is 17.2 Å². The number of hydrogen-bond acceptors (Lipinski definition) is 5. The van der Waals surface area contributed by atoms with Crippen LogP contribution in [0.1, 0.15) is 11.1 Å². The highest BCUT2D eigenvalue weighted by molar-refractivity contribution is 5.79. The number of pyridine rings is 1. The third-order valence-corrected chi connectivity index (χ3v) is 2.97. The number of nitrogens with two attached hydrogens (primary N) is 2. The number of primary amides is 1. The molecule has 0 unspecified atom stereocenters. The van der Waals surface area contributed by atoms with Crippen molar-refractivity contribution in [3.05, 3.63) is 53.7 Å². The van der Waals surface area contributed by atoms with E-state index >= 15 is 0 Å². The summed E-state index contributed by atoms with van der Waals surface area (Å²) in [4.78, 5) is 17.1. The van der Waals surface area contributed by atoms with Crippen LogP contribution in [0.3, 0.4) is 0 Å². The summed E-state index contributed by atoms with van der Waals surface area (Å²) in [5.41, 5.74) is 13.0. The fourth-order valence-electron chi connectivity index (χ4n) is 2.01. The third kappa shape index (κ3) is 3.48. The Labute approximate surface area is 122 Å². The number of carbonyl (C=O) groups excluding carboxylic acids is 1. The van der Waals surface area contributed by atoms with Gasteiger partial charge in [0.25, 0.3) is 0 Å². The van der Waals surface area contributed by atoms with Gasteiger partial charge in [-0.2, -0.15) is 5.26 Å². The molecule has 1 aromatic heterocycles. The number of rotatable bonds is 5. The van der Waals surface area contributed by atoms with E-state index in [1.165, 1.54) is 0 Å². The molecule has 0 radical (unpaired) electrons. The van der Waals surface area contributed by atoms with Crippen molar-refractivity contribution in [2.45, 2.75) is 6.54 Å². The number of nitriles is 1. The molecule has 0 bridgehead atoms. The number of nitrogen functional groups attached to an aromatic ring is 1. The van der Waals surface area contributed by atoms with E-state index in [2.05, 4.69) is 11.1 Å². The molecule has 0 fully saturated rings. The highest BCUT2D eigenvalue weighted by atomic mass is 16.1. The molecular formula is C15H15N5O. The quantitative estimate of drug-likeness (QED) is 0.795. The molecule has 1 heterocycles. The summed E-state index contributed by atoms with van der Waals surface area (Å²) in [5, 5.41) is 9.16. The minimum Gasteiger partial charge on any atom is -0.398 e. The Morgan fingerprint density at radius 2 is 2.05 bits per heavy atom.